The average molecular weight is 469 g/mol. The molecule has 4 heterocycles. The van der Waals surface area contributed by atoms with Gasteiger partial charge in [0.15, 0.2) is 5.65 Å². The highest BCUT2D eigenvalue weighted by Crippen LogP contribution is 2.30. The largest absolute Gasteiger partial charge is 0.490 e. The number of ether oxygens (including phenoxy) is 2. The van der Waals surface area contributed by atoms with E-state index in [-0.39, 0.29) is 18.9 Å². The van der Waals surface area contributed by atoms with Gasteiger partial charge in [-0.05, 0) is 50.5 Å². The summed E-state index contributed by atoms with van der Waals surface area (Å²) in [5.74, 6) is 0.629. The van der Waals surface area contributed by atoms with Gasteiger partial charge in [-0.3, -0.25) is 0 Å². The predicted octanol–water partition coefficient (Wildman–Crippen LogP) is 4.95. The highest BCUT2D eigenvalue weighted by Gasteiger charge is 2.19. The summed E-state index contributed by atoms with van der Waals surface area (Å²) < 4.78 is 41.3. The van der Waals surface area contributed by atoms with E-state index in [2.05, 4.69) is 15.5 Å². The SMILES string of the molecule is C[C@@H](Nc1ccn2ncc(-c3cnn(C4CCCCO4)c3)c2n1)c1cc(F)ccc1OCCF. The molecule has 1 saturated heterocycles. The molecule has 2 atom stereocenters. The van der Waals surface area contributed by atoms with Crippen molar-refractivity contribution in [3.8, 4) is 16.9 Å². The van der Waals surface area contributed by atoms with E-state index in [1.165, 1.54) is 18.2 Å². The monoisotopic (exact) mass is 468 g/mol. The summed E-state index contributed by atoms with van der Waals surface area (Å²) in [6, 6.07) is 5.65. The molecule has 8 nitrogen and oxygen atoms in total. The summed E-state index contributed by atoms with van der Waals surface area (Å²) in [5.41, 5.74) is 2.98. The van der Waals surface area contributed by atoms with Crippen LogP contribution < -0.4 is 10.1 Å². The number of hydrogen-bond donors (Lipinski definition) is 1. The van der Waals surface area contributed by atoms with Crippen LogP contribution in [0.3, 0.4) is 0 Å². The van der Waals surface area contributed by atoms with E-state index in [1.54, 1.807) is 23.0 Å². The summed E-state index contributed by atoms with van der Waals surface area (Å²) in [7, 11) is 0. The maximum atomic E-state index is 13.9. The number of halogens is 2. The van der Waals surface area contributed by atoms with E-state index >= 15 is 0 Å². The minimum atomic E-state index is -0.621. The van der Waals surface area contributed by atoms with Gasteiger partial charge < -0.3 is 14.8 Å². The third-order valence-electron chi connectivity index (χ3n) is 5.87. The van der Waals surface area contributed by atoms with Crippen LogP contribution in [0.4, 0.5) is 14.6 Å². The topological polar surface area (TPSA) is 78.5 Å². The summed E-state index contributed by atoms with van der Waals surface area (Å²) in [6.45, 7) is 1.91. The molecule has 1 aliphatic rings. The van der Waals surface area contributed by atoms with E-state index < -0.39 is 12.5 Å². The van der Waals surface area contributed by atoms with Crippen molar-refractivity contribution in [3.05, 3.63) is 60.4 Å². The van der Waals surface area contributed by atoms with Gasteiger partial charge in [0.05, 0.1) is 18.4 Å². The smallest absolute Gasteiger partial charge is 0.165 e. The number of benzene rings is 1. The standard InChI is InChI=1S/C24H26F2N6O2/c1-16(19-12-18(26)5-6-21(19)33-11-8-25)29-22-7-9-31-24(30-22)20(14-28-31)17-13-27-32(15-17)23-4-2-3-10-34-23/h5-7,9,12-16,23H,2-4,8,10-11H2,1H3,(H,29,30)/t16-,23?/m1/s1. The van der Waals surface area contributed by atoms with Gasteiger partial charge in [-0.2, -0.15) is 10.2 Å². The highest BCUT2D eigenvalue weighted by atomic mass is 19.1. The number of rotatable bonds is 8. The predicted molar refractivity (Wildman–Crippen MR) is 123 cm³/mol. The Balaban J connectivity index is 1.40. The van der Waals surface area contributed by atoms with E-state index in [9.17, 15) is 8.78 Å². The second-order valence-electron chi connectivity index (χ2n) is 8.26. The number of nitrogens with one attached hydrogen (secondary N) is 1. The second-order valence-corrected chi connectivity index (χ2v) is 8.26. The lowest BCUT2D eigenvalue weighted by molar-refractivity contribution is -0.0394. The first-order valence-corrected chi connectivity index (χ1v) is 11.4. The first-order chi connectivity index (χ1) is 16.6. The number of aromatic nitrogens is 5. The molecule has 34 heavy (non-hydrogen) atoms. The molecule has 0 aliphatic carbocycles. The van der Waals surface area contributed by atoms with Crippen molar-refractivity contribution >= 4 is 11.5 Å². The Morgan fingerprint density at radius 2 is 2.15 bits per heavy atom. The summed E-state index contributed by atoms with van der Waals surface area (Å²) in [4.78, 5) is 4.74. The van der Waals surface area contributed by atoms with Gasteiger partial charge in [0, 0.05) is 35.7 Å². The fourth-order valence-corrected chi connectivity index (χ4v) is 4.16. The van der Waals surface area contributed by atoms with Crippen LogP contribution in [0.1, 0.15) is 44.0 Å². The molecule has 0 saturated carbocycles. The molecule has 10 heteroatoms. The molecule has 178 valence electrons. The zero-order valence-corrected chi connectivity index (χ0v) is 18.8. The van der Waals surface area contributed by atoms with E-state index in [0.29, 0.717) is 22.8 Å². The van der Waals surface area contributed by atoms with E-state index in [0.717, 1.165) is 37.0 Å². The normalized spacial score (nSPS) is 17.1. The molecule has 0 amide bonds. The average Bonchev–Trinajstić information content (AvgIpc) is 3.51. The molecule has 4 aromatic rings. The first-order valence-electron chi connectivity index (χ1n) is 11.4. The number of fused-ring (bicyclic) bond motifs is 1. The van der Waals surface area contributed by atoms with Crippen LogP contribution in [0, 0.1) is 5.82 Å². The lowest BCUT2D eigenvalue weighted by Gasteiger charge is -2.22. The highest BCUT2D eigenvalue weighted by molar-refractivity contribution is 5.76. The van der Waals surface area contributed by atoms with Crippen LogP contribution in [0.5, 0.6) is 5.75 Å². The van der Waals surface area contributed by atoms with Gasteiger partial charge in [-0.25, -0.2) is 23.0 Å². The number of alkyl halides is 1. The van der Waals surface area contributed by atoms with Crippen LogP contribution in [-0.4, -0.2) is 44.3 Å². The van der Waals surface area contributed by atoms with Crippen LogP contribution in [0.25, 0.3) is 16.8 Å². The van der Waals surface area contributed by atoms with E-state index in [4.69, 9.17) is 14.5 Å². The van der Waals surface area contributed by atoms with Crippen LogP contribution in [0.15, 0.2) is 49.1 Å². The lowest BCUT2D eigenvalue weighted by Crippen LogP contribution is -2.18. The van der Waals surface area contributed by atoms with Gasteiger partial charge in [-0.1, -0.05) is 0 Å². The third kappa shape index (κ3) is 4.58. The number of anilines is 1. The fourth-order valence-electron chi connectivity index (χ4n) is 4.16. The molecule has 3 aromatic heterocycles. The molecule has 5 rings (SSSR count). The Labute approximate surface area is 195 Å². The zero-order chi connectivity index (χ0) is 23.5. The van der Waals surface area contributed by atoms with Crippen molar-refractivity contribution in [1.82, 2.24) is 24.4 Å². The molecular weight excluding hydrogens is 442 g/mol. The molecule has 1 fully saturated rings. The van der Waals surface area contributed by atoms with Gasteiger partial charge in [0.25, 0.3) is 0 Å². The van der Waals surface area contributed by atoms with Gasteiger partial charge in [0.1, 0.15) is 36.9 Å². The van der Waals surface area contributed by atoms with Crippen molar-refractivity contribution < 1.29 is 18.3 Å². The number of nitrogens with zero attached hydrogens (tertiary/aromatic N) is 5. The van der Waals surface area contributed by atoms with Crippen LogP contribution >= 0.6 is 0 Å². The van der Waals surface area contributed by atoms with Crippen molar-refractivity contribution in [2.45, 2.75) is 38.5 Å². The fraction of sp³-hybridized carbons (Fsp3) is 0.375. The molecule has 0 bridgehead atoms. The van der Waals surface area contributed by atoms with Crippen molar-refractivity contribution in [3.63, 3.8) is 0 Å². The maximum Gasteiger partial charge on any atom is 0.165 e. The van der Waals surface area contributed by atoms with Crippen LogP contribution in [0.2, 0.25) is 0 Å². The third-order valence-corrected chi connectivity index (χ3v) is 5.87. The Hall–Kier alpha value is -3.53. The minimum absolute atomic E-state index is 0.0459. The van der Waals surface area contributed by atoms with Gasteiger partial charge >= 0.3 is 0 Å². The summed E-state index contributed by atoms with van der Waals surface area (Å²) in [6.07, 6.45) is 10.4. The van der Waals surface area contributed by atoms with Crippen molar-refractivity contribution in [1.29, 1.82) is 0 Å². The Bertz CT molecular complexity index is 1270. The number of hydrogen-bond acceptors (Lipinski definition) is 6. The molecule has 0 spiro atoms. The molecule has 1 aromatic carbocycles. The summed E-state index contributed by atoms with van der Waals surface area (Å²) in [5, 5.41) is 12.2. The molecular formula is C24H26F2N6O2. The maximum absolute atomic E-state index is 13.9. The minimum Gasteiger partial charge on any atom is -0.490 e. The van der Waals surface area contributed by atoms with Gasteiger partial charge in [-0.15, -0.1) is 0 Å². The van der Waals surface area contributed by atoms with Gasteiger partial charge in [0.2, 0.25) is 0 Å². The first kappa shape index (κ1) is 22.3. The Morgan fingerprint density at radius 3 is 2.97 bits per heavy atom. The summed E-state index contributed by atoms with van der Waals surface area (Å²) >= 11 is 0. The van der Waals surface area contributed by atoms with Crippen molar-refractivity contribution in [2.24, 2.45) is 0 Å². The Kier molecular flexibility index (Phi) is 6.39. The second kappa shape index (κ2) is 9.76. The van der Waals surface area contributed by atoms with Crippen LogP contribution in [-0.2, 0) is 4.74 Å². The molecule has 1 unspecified atom stereocenters. The van der Waals surface area contributed by atoms with Crippen molar-refractivity contribution in [2.75, 3.05) is 25.2 Å². The Morgan fingerprint density at radius 1 is 1.24 bits per heavy atom. The molecule has 0 radical (unpaired) electrons. The van der Waals surface area contributed by atoms with E-state index in [1.807, 2.05) is 24.0 Å². The molecule has 1 N–H and O–H groups in total. The quantitative estimate of drug-likeness (QED) is 0.394. The zero-order valence-electron chi connectivity index (χ0n) is 18.8. The molecule has 1 aliphatic heterocycles. The lowest BCUT2D eigenvalue weighted by atomic mass is 10.1.